The summed E-state index contributed by atoms with van der Waals surface area (Å²) in [6.07, 6.45) is 5.11. The molecule has 0 bridgehead atoms. The maximum Gasteiger partial charge on any atom is 0.333 e. The standard InChI is InChI=1S/C36H33BrN8O3/c1-4-44-30-13-11-27(17-26(30)19-41-44)45-32(34(46)40-18-25-8-5-6-9-28(25)33-38-14-7-15-39-33)31-21-42(23(3)20-43(31)36(45)48)35(47)24-10-12-29(37)22(2)16-24/h5-17,19,23H,4,18,20-21H2,1-3H3,(H,40,46). The molecule has 0 radical (unpaired) electrons. The van der Waals surface area contributed by atoms with Crippen molar-refractivity contribution in [2.24, 2.45) is 0 Å². The van der Waals surface area contributed by atoms with E-state index in [9.17, 15) is 14.4 Å². The number of nitrogens with zero attached hydrogens (tertiary/aromatic N) is 7. The summed E-state index contributed by atoms with van der Waals surface area (Å²) >= 11 is 3.51. The van der Waals surface area contributed by atoms with Crippen LogP contribution in [0.3, 0.4) is 0 Å². The third kappa shape index (κ3) is 5.51. The summed E-state index contributed by atoms with van der Waals surface area (Å²) in [4.78, 5) is 52.9. The number of carbonyl (C=O) groups is 2. The van der Waals surface area contributed by atoms with Crippen molar-refractivity contribution < 1.29 is 9.59 Å². The first kappa shape index (κ1) is 31.3. The molecule has 12 heteroatoms. The molecule has 1 N–H and O–H groups in total. The third-order valence-corrected chi connectivity index (χ3v) is 9.76. The molecular formula is C36H33BrN8O3. The van der Waals surface area contributed by atoms with Crippen molar-refractivity contribution in [2.45, 2.75) is 53.0 Å². The molecule has 2 amide bonds. The SMILES string of the molecule is CCn1ncc2cc(-n3c(C(=O)NCc4ccccc4-c4ncccn4)c4n(c3=O)CC(C)N(C(=O)c3ccc(Br)c(C)c3)C4)ccc21. The molecule has 0 saturated carbocycles. The van der Waals surface area contributed by atoms with Crippen LogP contribution in [-0.2, 0) is 26.2 Å². The first-order chi connectivity index (χ1) is 23.2. The number of amides is 2. The number of aryl methyl sites for hydroxylation is 2. The first-order valence-corrected chi connectivity index (χ1v) is 16.6. The maximum atomic E-state index is 14.3. The zero-order valence-corrected chi connectivity index (χ0v) is 28.3. The third-order valence-electron chi connectivity index (χ3n) is 8.87. The van der Waals surface area contributed by atoms with Gasteiger partial charge in [-0.15, -0.1) is 0 Å². The molecule has 0 spiro atoms. The second-order valence-corrected chi connectivity index (χ2v) is 12.7. The molecule has 0 fully saturated rings. The highest BCUT2D eigenvalue weighted by Crippen LogP contribution is 2.27. The fraction of sp³-hybridized carbons (Fsp3) is 0.222. The second kappa shape index (κ2) is 12.7. The van der Waals surface area contributed by atoms with Gasteiger partial charge in [0.1, 0.15) is 5.69 Å². The van der Waals surface area contributed by atoms with Gasteiger partial charge in [-0.25, -0.2) is 14.8 Å². The van der Waals surface area contributed by atoms with Crippen LogP contribution in [-0.4, -0.2) is 51.6 Å². The molecule has 0 saturated heterocycles. The highest BCUT2D eigenvalue weighted by molar-refractivity contribution is 9.10. The Hall–Kier alpha value is -5.36. The number of halogens is 1. The minimum atomic E-state index is -0.435. The van der Waals surface area contributed by atoms with Crippen molar-refractivity contribution in [2.75, 3.05) is 0 Å². The monoisotopic (exact) mass is 704 g/mol. The number of hydrogen-bond acceptors (Lipinski definition) is 6. The summed E-state index contributed by atoms with van der Waals surface area (Å²) in [7, 11) is 0. The van der Waals surface area contributed by atoms with Crippen LogP contribution in [0, 0.1) is 6.92 Å². The van der Waals surface area contributed by atoms with Crippen LogP contribution in [0.5, 0.6) is 0 Å². The average molecular weight is 706 g/mol. The van der Waals surface area contributed by atoms with Gasteiger partial charge in [0.05, 0.1) is 29.6 Å². The van der Waals surface area contributed by atoms with Crippen LogP contribution in [0.2, 0.25) is 0 Å². The number of rotatable bonds is 7. The van der Waals surface area contributed by atoms with Crippen molar-refractivity contribution in [1.82, 2.24) is 39.1 Å². The van der Waals surface area contributed by atoms with Gasteiger partial charge in [-0.05, 0) is 74.4 Å². The Morgan fingerprint density at radius 3 is 2.58 bits per heavy atom. The minimum Gasteiger partial charge on any atom is -0.347 e. The van der Waals surface area contributed by atoms with E-state index in [1.165, 1.54) is 4.57 Å². The number of fused-ring (bicyclic) bond motifs is 2. The van der Waals surface area contributed by atoms with Gasteiger partial charge in [-0.3, -0.25) is 23.4 Å². The van der Waals surface area contributed by atoms with E-state index >= 15 is 0 Å². The van der Waals surface area contributed by atoms with Crippen LogP contribution < -0.4 is 11.0 Å². The molecule has 4 heterocycles. The number of benzene rings is 3. The predicted molar refractivity (Wildman–Crippen MR) is 186 cm³/mol. The Bertz CT molecular complexity index is 2260. The van der Waals surface area contributed by atoms with Gasteiger partial charge >= 0.3 is 5.69 Å². The highest BCUT2D eigenvalue weighted by atomic mass is 79.9. The topological polar surface area (TPSA) is 120 Å². The number of hydrogen-bond donors (Lipinski definition) is 1. The predicted octanol–water partition coefficient (Wildman–Crippen LogP) is 5.51. The van der Waals surface area contributed by atoms with Crippen LogP contribution in [0.1, 0.15) is 51.5 Å². The Kier molecular flexibility index (Phi) is 8.26. The quantitative estimate of drug-likeness (QED) is 0.234. The van der Waals surface area contributed by atoms with Crippen LogP contribution in [0.15, 0.2) is 94.6 Å². The zero-order chi connectivity index (χ0) is 33.5. The summed E-state index contributed by atoms with van der Waals surface area (Å²) in [5.41, 5.74) is 4.90. The van der Waals surface area contributed by atoms with Crippen molar-refractivity contribution in [3.8, 4) is 17.1 Å². The Labute approximate surface area is 285 Å². The molecule has 0 aliphatic carbocycles. The fourth-order valence-corrected chi connectivity index (χ4v) is 6.61. The first-order valence-electron chi connectivity index (χ1n) is 15.8. The molecule has 3 aromatic carbocycles. The van der Waals surface area contributed by atoms with Crippen LogP contribution in [0.4, 0.5) is 0 Å². The Morgan fingerprint density at radius 1 is 1.02 bits per heavy atom. The highest BCUT2D eigenvalue weighted by Gasteiger charge is 2.35. The molecule has 11 nitrogen and oxygen atoms in total. The molecule has 1 unspecified atom stereocenters. The Morgan fingerprint density at radius 2 is 1.81 bits per heavy atom. The smallest absolute Gasteiger partial charge is 0.333 e. The molecule has 7 rings (SSSR count). The van der Waals surface area contributed by atoms with E-state index < -0.39 is 5.91 Å². The van der Waals surface area contributed by atoms with Gasteiger partial charge in [-0.1, -0.05) is 40.2 Å². The molecule has 3 aromatic heterocycles. The molecule has 1 atom stereocenters. The van der Waals surface area contributed by atoms with Crippen molar-refractivity contribution in [3.05, 3.63) is 128 Å². The number of nitrogens with one attached hydrogen (secondary N) is 1. The van der Waals surface area contributed by atoms with Crippen molar-refractivity contribution >= 4 is 38.6 Å². The van der Waals surface area contributed by atoms with E-state index in [1.54, 1.807) is 40.2 Å². The van der Waals surface area contributed by atoms with Gasteiger partial charge in [0.2, 0.25) is 0 Å². The number of imidazole rings is 1. The van der Waals surface area contributed by atoms with Crippen LogP contribution in [0.25, 0.3) is 28.0 Å². The zero-order valence-electron chi connectivity index (χ0n) is 26.7. The van der Waals surface area contributed by atoms with Crippen molar-refractivity contribution in [3.63, 3.8) is 0 Å². The van der Waals surface area contributed by atoms with Crippen LogP contribution >= 0.6 is 15.9 Å². The van der Waals surface area contributed by atoms with Gasteiger partial charge in [-0.2, -0.15) is 5.10 Å². The molecule has 1 aliphatic heterocycles. The summed E-state index contributed by atoms with van der Waals surface area (Å²) in [5, 5.41) is 8.37. The molecule has 1 aliphatic rings. The summed E-state index contributed by atoms with van der Waals surface area (Å²) in [5.74, 6) is -0.0516. The van der Waals surface area contributed by atoms with E-state index in [1.807, 2.05) is 80.1 Å². The lowest BCUT2D eigenvalue weighted by molar-refractivity contribution is 0.0610. The summed E-state index contributed by atoms with van der Waals surface area (Å²) in [6.45, 7) is 7.07. The molecule has 48 heavy (non-hydrogen) atoms. The normalized spacial score (nSPS) is 14.2. The van der Waals surface area contributed by atoms with E-state index in [4.69, 9.17) is 0 Å². The lowest BCUT2D eigenvalue weighted by atomic mass is 10.1. The van der Waals surface area contributed by atoms with E-state index in [0.29, 0.717) is 29.3 Å². The van der Waals surface area contributed by atoms with Gasteiger partial charge in [0.15, 0.2) is 5.82 Å². The molecule has 242 valence electrons. The maximum absolute atomic E-state index is 14.3. The number of aromatic nitrogens is 6. The van der Waals surface area contributed by atoms with Gasteiger partial charge in [0.25, 0.3) is 11.8 Å². The largest absolute Gasteiger partial charge is 0.347 e. The van der Waals surface area contributed by atoms with E-state index in [0.717, 1.165) is 32.1 Å². The fourth-order valence-electron chi connectivity index (χ4n) is 6.36. The van der Waals surface area contributed by atoms with Crippen molar-refractivity contribution in [1.29, 1.82) is 0 Å². The second-order valence-electron chi connectivity index (χ2n) is 11.9. The lowest BCUT2D eigenvalue weighted by Crippen LogP contribution is -2.47. The average Bonchev–Trinajstić information content (AvgIpc) is 3.65. The number of carbonyl (C=O) groups excluding carboxylic acids is 2. The molecular weight excluding hydrogens is 672 g/mol. The van der Waals surface area contributed by atoms with Gasteiger partial charge < -0.3 is 10.2 Å². The Balaban J connectivity index is 1.30. The summed E-state index contributed by atoms with van der Waals surface area (Å²) < 4.78 is 5.88. The van der Waals surface area contributed by atoms with E-state index in [2.05, 4.69) is 36.3 Å². The van der Waals surface area contributed by atoms with Gasteiger partial charge in [0, 0.05) is 59.1 Å². The minimum absolute atomic E-state index is 0.0879. The summed E-state index contributed by atoms with van der Waals surface area (Å²) in [6, 6.07) is 20.2. The van der Waals surface area contributed by atoms with E-state index in [-0.39, 0.29) is 43.0 Å². The lowest BCUT2D eigenvalue weighted by Gasteiger charge is -2.34. The molecule has 6 aromatic rings.